The number of fused-ring (bicyclic) bond motifs is 5. The van der Waals surface area contributed by atoms with Crippen molar-refractivity contribution in [1.82, 2.24) is 0 Å². The Morgan fingerprint density at radius 2 is 1.93 bits per heavy atom. The number of allylic oxidation sites excluding steroid dienone is 1. The van der Waals surface area contributed by atoms with Gasteiger partial charge in [-0.05, 0) is 80.5 Å². The van der Waals surface area contributed by atoms with Gasteiger partial charge in [0.15, 0.2) is 0 Å². The molecule has 0 aromatic carbocycles. The van der Waals surface area contributed by atoms with Crippen molar-refractivity contribution in [2.75, 3.05) is 0 Å². The van der Waals surface area contributed by atoms with Gasteiger partial charge in [-0.1, -0.05) is 30.7 Å². The van der Waals surface area contributed by atoms with Gasteiger partial charge in [-0.2, -0.15) is 0 Å². The molecule has 4 nitrogen and oxygen atoms in total. The maximum Gasteiger partial charge on any atom is 0.302 e. The van der Waals surface area contributed by atoms with Crippen LogP contribution in [0.15, 0.2) is 16.8 Å². The van der Waals surface area contributed by atoms with Crippen LogP contribution in [0.25, 0.3) is 0 Å². The molecule has 0 aromatic heterocycles. The molecule has 27 heavy (non-hydrogen) atoms. The molecule has 0 aliphatic heterocycles. The molecule has 1 N–H and O–H groups in total. The van der Waals surface area contributed by atoms with Crippen LogP contribution in [0.1, 0.15) is 79.1 Å². The number of oxime groups is 1. The van der Waals surface area contributed by atoms with Crippen LogP contribution >= 0.6 is 0 Å². The summed E-state index contributed by atoms with van der Waals surface area (Å²) in [5, 5.41) is 12.9. The monoisotopic (exact) mass is 373 g/mol. The Bertz CT molecular complexity index is 683. The van der Waals surface area contributed by atoms with Gasteiger partial charge < -0.3 is 9.94 Å². The fourth-order valence-corrected chi connectivity index (χ4v) is 7.72. The van der Waals surface area contributed by atoms with Crippen molar-refractivity contribution in [3.63, 3.8) is 0 Å². The lowest BCUT2D eigenvalue weighted by molar-refractivity contribution is -0.148. The topological polar surface area (TPSA) is 58.9 Å². The maximum atomic E-state index is 11.4. The van der Waals surface area contributed by atoms with E-state index in [2.05, 4.69) is 25.1 Å². The highest BCUT2D eigenvalue weighted by molar-refractivity contribution is 5.85. The first-order valence-electron chi connectivity index (χ1n) is 10.8. The summed E-state index contributed by atoms with van der Waals surface area (Å²) < 4.78 is 5.54. The summed E-state index contributed by atoms with van der Waals surface area (Å²) in [7, 11) is 0. The van der Waals surface area contributed by atoms with Crippen LogP contribution in [0.5, 0.6) is 0 Å². The van der Waals surface area contributed by atoms with E-state index in [-0.39, 0.29) is 22.9 Å². The van der Waals surface area contributed by atoms with Gasteiger partial charge in [0.2, 0.25) is 0 Å². The molecule has 4 rings (SSSR count). The van der Waals surface area contributed by atoms with E-state index in [1.165, 1.54) is 39.0 Å². The smallest absolute Gasteiger partial charge is 0.302 e. The minimum absolute atomic E-state index is 0.0755. The van der Waals surface area contributed by atoms with E-state index in [1.807, 2.05) is 6.92 Å². The van der Waals surface area contributed by atoms with E-state index >= 15 is 0 Å². The average molecular weight is 374 g/mol. The fraction of sp³-hybridized carbons (Fsp3) is 0.826. The normalized spacial score (nSPS) is 46.7. The number of esters is 1. The summed E-state index contributed by atoms with van der Waals surface area (Å²) in [4.78, 5) is 11.4. The molecule has 0 radical (unpaired) electrons. The first-order chi connectivity index (χ1) is 12.8. The number of hydrogen-bond acceptors (Lipinski definition) is 4. The van der Waals surface area contributed by atoms with Crippen LogP contribution < -0.4 is 0 Å². The van der Waals surface area contributed by atoms with E-state index in [9.17, 15) is 10.0 Å². The summed E-state index contributed by atoms with van der Waals surface area (Å²) in [6.45, 7) is 8.46. The van der Waals surface area contributed by atoms with Crippen LogP contribution in [0.2, 0.25) is 0 Å². The lowest BCUT2D eigenvalue weighted by Gasteiger charge is -2.58. The van der Waals surface area contributed by atoms with Crippen molar-refractivity contribution >= 4 is 11.7 Å². The van der Waals surface area contributed by atoms with E-state index in [4.69, 9.17) is 4.74 Å². The van der Waals surface area contributed by atoms with Crippen molar-refractivity contribution < 1.29 is 14.7 Å². The highest BCUT2D eigenvalue weighted by atomic mass is 16.5. The van der Waals surface area contributed by atoms with Crippen LogP contribution in [-0.2, 0) is 9.53 Å². The second-order valence-corrected chi connectivity index (χ2v) is 10.1. The molecule has 4 aliphatic carbocycles. The SMILES string of the molecule is CC(=O)O[C@@H]1CC[C@@]2(C)C(=CC[C@@H]3[C@H]4CC[C@@H](C(C)=NO)[C@]4(C)CC[C@H]32)C1. The summed E-state index contributed by atoms with van der Waals surface area (Å²) in [6.07, 6.45) is 11.8. The fourth-order valence-electron chi connectivity index (χ4n) is 7.72. The molecule has 0 heterocycles. The lowest BCUT2D eigenvalue weighted by atomic mass is 9.47. The molecular formula is C23H35NO3. The summed E-state index contributed by atoms with van der Waals surface area (Å²) >= 11 is 0. The second kappa shape index (κ2) is 6.63. The van der Waals surface area contributed by atoms with Gasteiger partial charge in [-0.15, -0.1) is 0 Å². The molecule has 0 unspecified atom stereocenters. The van der Waals surface area contributed by atoms with Crippen molar-refractivity contribution in [3.8, 4) is 0 Å². The molecule has 0 aromatic rings. The Hall–Kier alpha value is -1.32. The first-order valence-corrected chi connectivity index (χ1v) is 10.8. The number of ether oxygens (including phenoxy) is 1. The van der Waals surface area contributed by atoms with E-state index < -0.39 is 0 Å². The summed E-state index contributed by atoms with van der Waals surface area (Å²) in [5.41, 5.74) is 3.04. The quantitative estimate of drug-likeness (QED) is 0.233. The minimum atomic E-state index is -0.149. The molecule has 0 saturated heterocycles. The number of carbonyl (C=O) groups excluding carboxylic acids is 1. The predicted molar refractivity (Wildman–Crippen MR) is 106 cm³/mol. The number of nitrogens with zero attached hydrogens (tertiary/aromatic N) is 1. The molecule has 3 fully saturated rings. The number of carbonyl (C=O) groups is 1. The third-order valence-electron chi connectivity index (χ3n) is 9.05. The zero-order chi connectivity index (χ0) is 19.4. The van der Waals surface area contributed by atoms with Crippen LogP contribution in [0, 0.1) is 34.5 Å². The van der Waals surface area contributed by atoms with Gasteiger partial charge >= 0.3 is 5.97 Å². The van der Waals surface area contributed by atoms with Crippen LogP contribution in [0.3, 0.4) is 0 Å². The molecule has 0 spiro atoms. The zero-order valence-electron chi connectivity index (χ0n) is 17.3. The largest absolute Gasteiger partial charge is 0.462 e. The molecular weight excluding hydrogens is 338 g/mol. The zero-order valence-corrected chi connectivity index (χ0v) is 17.3. The van der Waals surface area contributed by atoms with Gasteiger partial charge in [0.25, 0.3) is 0 Å². The van der Waals surface area contributed by atoms with E-state index in [0.717, 1.165) is 42.7 Å². The van der Waals surface area contributed by atoms with Gasteiger partial charge in [-0.25, -0.2) is 0 Å². The van der Waals surface area contributed by atoms with Gasteiger partial charge in [0, 0.05) is 19.3 Å². The number of rotatable bonds is 2. The first kappa shape index (κ1) is 19.0. The van der Waals surface area contributed by atoms with E-state index in [1.54, 1.807) is 5.57 Å². The molecule has 3 saturated carbocycles. The van der Waals surface area contributed by atoms with Gasteiger partial charge in [-0.3, -0.25) is 4.79 Å². The standard InChI is InChI=1S/C23H35NO3/c1-14(24-26)19-7-8-20-18-6-5-16-13-17(27-15(2)25)9-11-22(16,3)21(18)10-12-23(19,20)4/h5,17-21,26H,6-13H2,1-4H3/t17-,18-,19+,20-,21-,22+,23+/m1/s1. The molecule has 7 atom stereocenters. The van der Waals surface area contributed by atoms with Crippen LogP contribution in [-0.4, -0.2) is 23.0 Å². The third-order valence-corrected chi connectivity index (χ3v) is 9.05. The Kier molecular flexibility index (Phi) is 4.67. The average Bonchev–Trinajstić information content (AvgIpc) is 2.98. The predicted octanol–water partition coefficient (Wildman–Crippen LogP) is 5.35. The Labute approximate surface area is 163 Å². The Morgan fingerprint density at radius 3 is 2.63 bits per heavy atom. The maximum absolute atomic E-state index is 11.4. The van der Waals surface area contributed by atoms with Gasteiger partial charge in [0.1, 0.15) is 6.10 Å². The third kappa shape index (κ3) is 2.86. The van der Waals surface area contributed by atoms with Crippen molar-refractivity contribution in [3.05, 3.63) is 11.6 Å². The molecule has 150 valence electrons. The molecule has 0 bridgehead atoms. The summed E-state index contributed by atoms with van der Waals surface area (Å²) in [6, 6.07) is 0. The van der Waals surface area contributed by atoms with E-state index in [0.29, 0.717) is 5.92 Å². The highest BCUT2D eigenvalue weighted by Crippen LogP contribution is 2.66. The van der Waals surface area contributed by atoms with Gasteiger partial charge in [0.05, 0.1) is 5.71 Å². The summed E-state index contributed by atoms with van der Waals surface area (Å²) in [5.74, 6) is 2.52. The highest BCUT2D eigenvalue weighted by Gasteiger charge is 2.59. The van der Waals surface area contributed by atoms with Crippen molar-refractivity contribution in [2.24, 2.45) is 39.7 Å². The van der Waals surface area contributed by atoms with Crippen LogP contribution in [0.4, 0.5) is 0 Å². The molecule has 4 aliphatic rings. The molecule has 0 amide bonds. The second-order valence-electron chi connectivity index (χ2n) is 10.1. The van der Waals surface area contributed by atoms with Crippen molar-refractivity contribution in [1.29, 1.82) is 0 Å². The van der Waals surface area contributed by atoms with Crippen molar-refractivity contribution in [2.45, 2.75) is 85.2 Å². The number of hydrogen-bond donors (Lipinski definition) is 1. The Morgan fingerprint density at radius 1 is 1.15 bits per heavy atom. The Balaban J connectivity index is 1.58. The minimum Gasteiger partial charge on any atom is -0.462 e. The lowest BCUT2D eigenvalue weighted by Crippen LogP contribution is -2.51. The molecule has 4 heteroatoms.